The van der Waals surface area contributed by atoms with Crippen molar-refractivity contribution in [1.29, 1.82) is 0 Å². The average Bonchev–Trinajstić information content (AvgIpc) is 3.31. The van der Waals surface area contributed by atoms with Crippen LogP contribution in [-0.4, -0.2) is 119 Å². The summed E-state index contributed by atoms with van der Waals surface area (Å²) in [7, 11) is 0. The Morgan fingerprint density at radius 3 is 1.79 bits per heavy atom. The second kappa shape index (κ2) is 31.6. The standard InChI is InChI=1S/C41H61N7O9.C10H22N2O2/c1-24(2)33(45)37(53)47-34(25(3)4)38(54)48(32(50)19-18-31(49)30(44)22-28-14-9-7-10-15-28)39(55)41(20-13-21-42,35(51)27(6)46-36(52)26(5)43)40(56)57-23-29-16-11-8-12-17-29;1-10(2,3)14-9(13)12-8-6-4-5-7-11/h7-12,14-17,24-27,30-31,33-34,49H,13,18-23,42-45H2,1-6H3,(H,46,52)(H,47,53);4-8,11H2,1-3H3,(H,12,13)/t26?,27?,30-,31-,33?,34?,41?;/m0./s1. The molecular weight excluding hydrogens is 915 g/mol. The second-order valence-corrected chi connectivity index (χ2v) is 19.4. The fraction of sp³-hybridized carbons (Fsp3) is 0.608. The van der Waals surface area contributed by atoms with E-state index >= 15 is 4.79 Å². The van der Waals surface area contributed by atoms with Crippen molar-refractivity contribution in [2.75, 3.05) is 19.6 Å². The molecule has 0 fully saturated rings. The summed E-state index contributed by atoms with van der Waals surface area (Å²) in [6.07, 6.45) is -0.145. The van der Waals surface area contributed by atoms with Crippen LogP contribution in [-0.2, 0) is 56.1 Å². The zero-order valence-electron chi connectivity index (χ0n) is 43.2. The molecule has 20 nitrogen and oxygen atoms in total. The molecule has 6 amide bonds. The molecule has 0 aliphatic heterocycles. The largest absolute Gasteiger partial charge is 0.460 e. The number of ketones is 1. The van der Waals surface area contributed by atoms with Gasteiger partial charge in [-0.05, 0) is 109 Å². The van der Waals surface area contributed by atoms with E-state index in [1.165, 1.54) is 13.8 Å². The minimum atomic E-state index is -2.92. The Labute approximate surface area is 419 Å². The molecule has 0 aliphatic carbocycles. The summed E-state index contributed by atoms with van der Waals surface area (Å²) in [5.74, 6) is -9.29. The van der Waals surface area contributed by atoms with Gasteiger partial charge in [-0.1, -0.05) is 94.8 Å². The third kappa shape index (κ3) is 21.7. The highest BCUT2D eigenvalue weighted by Crippen LogP contribution is 2.34. The van der Waals surface area contributed by atoms with Gasteiger partial charge in [-0.25, -0.2) is 9.69 Å². The van der Waals surface area contributed by atoms with Crippen molar-refractivity contribution in [2.45, 2.75) is 162 Å². The minimum Gasteiger partial charge on any atom is -0.460 e. The zero-order chi connectivity index (χ0) is 54.1. The van der Waals surface area contributed by atoms with Gasteiger partial charge >= 0.3 is 12.1 Å². The van der Waals surface area contributed by atoms with Gasteiger partial charge in [0.2, 0.25) is 23.1 Å². The van der Waals surface area contributed by atoms with E-state index in [9.17, 15) is 38.7 Å². The normalized spacial score (nSPS) is 14.7. The number of Topliss-reactive ketones (excluding diaryl/α,β-unsaturated/α-hetero) is 1. The molecule has 2 aromatic rings. The van der Waals surface area contributed by atoms with Crippen LogP contribution in [0.15, 0.2) is 60.7 Å². The number of esters is 1. The van der Waals surface area contributed by atoms with Crippen molar-refractivity contribution < 1.29 is 52.9 Å². The molecule has 0 bridgehead atoms. The predicted molar refractivity (Wildman–Crippen MR) is 270 cm³/mol. The Kier molecular flexibility index (Phi) is 28.2. The lowest BCUT2D eigenvalue weighted by atomic mass is 9.74. The number of benzene rings is 2. The highest BCUT2D eigenvalue weighted by Gasteiger charge is 2.59. The summed E-state index contributed by atoms with van der Waals surface area (Å²) in [5, 5.41) is 18.6. The van der Waals surface area contributed by atoms with E-state index in [0.717, 1.165) is 24.8 Å². The number of ether oxygens (including phenoxy) is 2. The average molecular weight is 998 g/mol. The van der Waals surface area contributed by atoms with Crippen LogP contribution < -0.4 is 44.6 Å². The molecule has 0 aliphatic rings. The number of aliphatic hydroxyl groups is 1. The molecule has 20 heteroatoms. The summed E-state index contributed by atoms with van der Waals surface area (Å²) in [6, 6.07) is 11.3. The third-order valence-corrected chi connectivity index (χ3v) is 11.2. The number of nitrogens with zero attached hydrogens (tertiary/aromatic N) is 1. The van der Waals surface area contributed by atoms with Crippen molar-refractivity contribution in [1.82, 2.24) is 20.9 Å². The monoisotopic (exact) mass is 998 g/mol. The van der Waals surface area contributed by atoms with Crippen molar-refractivity contribution in [3.8, 4) is 0 Å². The maximum atomic E-state index is 15.2. The van der Waals surface area contributed by atoms with E-state index in [-0.39, 0.29) is 42.7 Å². The maximum Gasteiger partial charge on any atom is 0.407 e. The van der Waals surface area contributed by atoms with Gasteiger partial charge in [0.05, 0.1) is 24.2 Å². The molecular formula is C51H83N9O11. The van der Waals surface area contributed by atoms with Gasteiger partial charge in [-0.15, -0.1) is 0 Å². The number of hydrogen-bond acceptors (Lipinski definition) is 16. The zero-order valence-corrected chi connectivity index (χ0v) is 43.2. The Bertz CT molecular complexity index is 2000. The number of carbonyl (C=O) groups excluding carboxylic acids is 8. The molecule has 398 valence electrons. The molecule has 5 unspecified atom stereocenters. The number of carbonyl (C=O) groups is 8. The number of hydrogen-bond donors (Lipinski definition) is 9. The molecule has 0 aromatic heterocycles. The third-order valence-electron chi connectivity index (χ3n) is 11.2. The molecule has 0 radical (unpaired) electrons. The van der Waals surface area contributed by atoms with E-state index in [2.05, 4.69) is 16.0 Å². The fourth-order valence-corrected chi connectivity index (χ4v) is 6.92. The van der Waals surface area contributed by atoms with Gasteiger partial charge in [0, 0.05) is 19.0 Å². The summed E-state index contributed by atoms with van der Waals surface area (Å²) >= 11 is 0. The molecule has 71 heavy (non-hydrogen) atoms. The molecule has 0 spiro atoms. The number of alkyl carbamates (subject to hydrolysis) is 1. The summed E-state index contributed by atoms with van der Waals surface area (Å²) in [6.45, 7) is 15.4. The molecule has 0 heterocycles. The van der Waals surface area contributed by atoms with Crippen LogP contribution in [0.3, 0.4) is 0 Å². The van der Waals surface area contributed by atoms with Crippen LogP contribution in [0.1, 0.15) is 118 Å². The van der Waals surface area contributed by atoms with E-state index in [1.807, 2.05) is 39.0 Å². The maximum absolute atomic E-state index is 15.2. The summed E-state index contributed by atoms with van der Waals surface area (Å²) in [5.41, 5.74) is 27.2. The molecule has 2 rings (SSSR count). The van der Waals surface area contributed by atoms with Crippen molar-refractivity contribution in [3.05, 3.63) is 71.8 Å². The lowest BCUT2D eigenvalue weighted by molar-refractivity contribution is -0.174. The van der Waals surface area contributed by atoms with Gasteiger partial charge in [-0.2, -0.15) is 0 Å². The first-order chi connectivity index (χ1) is 33.2. The van der Waals surface area contributed by atoms with E-state index < -0.39 is 114 Å². The van der Waals surface area contributed by atoms with Crippen LogP contribution >= 0.6 is 0 Å². The first-order valence-corrected chi connectivity index (χ1v) is 24.4. The van der Waals surface area contributed by atoms with Crippen molar-refractivity contribution in [2.24, 2.45) is 45.9 Å². The number of imide groups is 3. The Morgan fingerprint density at radius 2 is 1.28 bits per heavy atom. The molecule has 0 saturated carbocycles. The number of nitrogens with two attached hydrogens (primary N) is 5. The smallest absolute Gasteiger partial charge is 0.407 e. The lowest BCUT2D eigenvalue weighted by Gasteiger charge is -2.36. The number of rotatable bonds is 27. The number of amides is 6. The predicted octanol–water partition coefficient (Wildman–Crippen LogP) is 2.23. The lowest BCUT2D eigenvalue weighted by Crippen LogP contribution is -2.64. The van der Waals surface area contributed by atoms with Gasteiger partial charge in [0.1, 0.15) is 18.2 Å². The number of unbranched alkanes of at least 4 members (excludes halogenated alkanes) is 2. The Morgan fingerprint density at radius 1 is 0.718 bits per heavy atom. The Hall–Kier alpha value is -5.64. The van der Waals surface area contributed by atoms with Crippen LogP contribution in [0.25, 0.3) is 0 Å². The van der Waals surface area contributed by atoms with Gasteiger partial charge in [-0.3, -0.25) is 33.6 Å². The van der Waals surface area contributed by atoms with Crippen molar-refractivity contribution >= 4 is 47.4 Å². The van der Waals surface area contributed by atoms with Crippen LogP contribution in [0.2, 0.25) is 0 Å². The quantitative estimate of drug-likeness (QED) is 0.0352. The van der Waals surface area contributed by atoms with E-state index in [4.69, 9.17) is 38.1 Å². The minimum absolute atomic E-state index is 0.139. The van der Waals surface area contributed by atoms with Gasteiger partial charge in [0.15, 0.2) is 5.78 Å². The fourth-order valence-electron chi connectivity index (χ4n) is 6.92. The van der Waals surface area contributed by atoms with Crippen LogP contribution in [0.5, 0.6) is 0 Å². The highest BCUT2D eigenvalue weighted by molar-refractivity contribution is 6.29. The SMILES string of the molecule is CC(C)(C)OC(=O)NCCCCCN.CC(N)C(=O)NC(C)C(=O)C(CCCN)(C(=O)OCc1ccccc1)C(=O)N(C(=O)CC[C@H](O)[C@@H](N)Cc1ccccc1)C(=O)C(NC(=O)C(N)C(C)C)C(C)C. The summed E-state index contributed by atoms with van der Waals surface area (Å²) in [4.78, 5) is 111. The summed E-state index contributed by atoms with van der Waals surface area (Å²) < 4.78 is 10.7. The Balaban J connectivity index is 0.00000155. The first kappa shape index (κ1) is 63.4. The van der Waals surface area contributed by atoms with E-state index in [1.54, 1.807) is 70.2 Å². The van der Waals surface area contributed by atoms with E-state index in [0.29, 0.717) is 18.7 Å². The number of nitrogens with one attached hydrogen (secondary N) is 3. The molecule has 14 N–H and O–H groups in total. The highest BCUT2D eigenvalue weighted by atomic mass is 16.6. The number of aliphatic hydroxyl groups excluding tert-OH is 1. The van der Waals surface area contributed by atoms with Crippen molar-refractivity contribution in [3.63, 3.8) is 0 Å². The van der Waals surface area contributed by atoms with Gasteiger partial charge in [0.25, 0.3) is 11.8 Å². The van der Waals surface area contributed by atoms with Crippen LogP contribution in [0.4, 0.5) is 4.79 Å². The second-order valence-electron chi connectivity index (χ2n) is 19.4. The van der Waals surface area contributed by atoms with Gasteiger partial charge < -0.3 is 59.2 Å². The topological polar surface area (TPSA) is 345 Å². The molecule has 7 atom stereocenters. The molecule has 0 saturated heterocycles. The first-order valence-electron chi connectivity index (χ1n) is 24.4. The molecule has 2 aromatic carbocycles. The van der Waals surface area contributed by atoms with Crippen LogP contribution in [0, 0.1) is 17.3 Å².